The van der Waals surface area contributed by atoms with Crippen molar-refractivity contribution in [2.75, 3.05) is 6.54 Å². The predicted molar refractivity (Wildman–Crippen MR) is 78.6 cm³/mol. The van der Waals surface area contributed by atoms with E-state index in [-0.39, 0.29) is 11.8 Å². The molecule has 6 heteroatoms. The summed E-state index contributed by atoms with van der Waals surface area (Å²) in [5, 5.41) is 6.04. The Morgan fingerprint density at radius 2 is 2.30 bits per heavy atom. The van der Waals surface area contributed by atoms with Crippen LogP contribution in [0.1, 0.15) is 35.7 Å². The summed E-state index contributed by atoms with van der Waals surface area (Å²) in [6.07, 6.45) is 6.00. The van der Waals surface area contributed by atoms with Crippen molar-refractivity contribution >= 4 is 17.2 Å². The molecule has 106 valence electrons. The molecule has 2 rings (SSSR count). The van der Waals surface area contributed by atoms with E-state index in [9.17, 15) is 4.79 Å². The number of carbonyl (C=O) groups is 1. The third-order valence-corrected chi connectivity index (χ3v) is 4.08. The molecule has 20 heavy (non-hydrogen) atoms. The lowest BCUT2D eigenvalue weighted by Gasteiger charge is -2.10. The van der Waals surface area contributed by atoms with E-state index in [2.05, 4.69) is 27.2 Å². The highest BCUT2D eigenvalue weighted by Crippen LogP contribution is 2.18. The van der Waals surface area contributed by atoms with Gasteiger partial charge >= 0.3 is 0 Å². The van der Waals surface area contributed by atoms with Crippen molar-refractivity contribution in [3.05, 3.63) is 40.4 Å². The molecule has 0 aliphatic rings. The van der Waals surface area contributed by atoms with Gasteiger partial charge in [-0.05, 0) is 13.3 Å². The van der Waals surface area contributed by atoms with Gasteiger partial charge in [-0.25, -0.2) is 4.98 Å². The molecule has 0 spiro atoms. The lowest BCUT2D eigenvalue weighted by atomic mass is 10.2. The van der Waals surface area contributed by atoms with Crippen LogP contribution in [0.15, 0.2) is 24.0 Å². The Balaban J connectivity index is 1.72. The van der Waals surface area contributed by atoms with Gasteiger partial charge in [0.15, 0.2) is 0 Å². The first kappa shape index (κ1) is 14.6. The van der Waals surface area contributed by atoms with Crippen LogP contribution in [0.2, 0.25) is 0 Å². The molecule has 0 fully saturated rings. The van der Waals surface area contributed by atoms with E-state index in [4.69, 9.17) is 0 Å². The Morgan fingerprint density at radius 3 is 2.95 bits per heavy atom. The maximum absolute atomic E-state index is 11.8. The first-order valence-electron chi connectivity index (χ1n) is 6.58. The zero-order chi connectivity index (χ0) is 14.4. The van der Waals surface area contributed by atoms with Crippen molar-refractivity contribution in [1.29, 1.82) is 0 Å². The van der Waals surface area contributed by atoms with Gasteiger partial charge in [-0.2, -0.15) is 0 Å². The highest BCUT2D eigenvalue weighted by atomic mass is 32.1. The fraction of sp³-hybridized carbons (Fsp3) is 0.429. The molecule has 0 bridgehead atoms. The molecule has 0 aliphatic heterocycles. The Kier molecular flexibility index (Phi) is 5.17. The van der Waals surface area contributed by atoms with Gasteiger partial charge in [0.25, 0.3) is 0 Å². The zero-order valence-corrected chi connectivity index (χ0v) is 12.5. The minimum absolute atomic E-state index is 0.0378. The quantitative estimate of drug-likeness (QED) is 0.884. The molecule has 2 heterocycles. The van der Waals surface area contributed by atoms with Crippen LogP contribution in [-0.2, 0) is 11.2 Å². The number of aryl methyl sites for hydroxylation is 2. The summed E-state index contributed by atoms with van der Waals surface area (Å²) in [5.74, 6) is 0.282. The third kappa shape index (κ3) is 4.38. The molecule has 0 aliphatic carbocycles. The molecule has 0 saturated carbocycles. The zero-order valence-electron chi connectivity index (χ0n) is 11.7. The summed E-state index contributed by atoms with van der Waals surface area (Å²) in [5.41, 5.74) is 1.87. The first-order chi connectivity index (χ1) is 9.65. The van der Waals surface area contributed by atoms with Crippen molar-refractivity contribution in [1.82, 2.24) is 20.3 Å². The van der Waals surface area contributed by atoms with Crippen LogP contribution in [-0.4, -0.2) is 27.4 Å². The van der Waals surface area contributed by atoms with Crippen molar-refractivity contribution in [3.63, 3.8) is 0 Å². The molecular weight excluding hydrogens is 272 g/mol. The van der Waals surface area contributed by atoms with Gasteiger partial charge in [0, 0.05) is 48.5 Å². The summed E-state index contributed by atoms with van der Waals surface area (Å²) in [4.78, 5) is 24.3. The van der Waals surface area contributed by atoms with Gasteiger partial charge in [-0.1, -0.05) is 6.92 Å². The standard InChI is InChI=1S/C14H18N4OS/c1-10(14-18-11(2)9-20-14)7-17-13(19)4-3-12-8-15-5-6-16-12/h5-6,8-10H,3-4,7H2,1-2H3,(H,17,19)/t10-/m0/s1. The van der Waals surface area contributed by atoms with E-state index in [1.807, 2.05) is 12.3 Å². The normalized spacial score (nSPS) is 12.1. The lowest BCUT2D eigenvalue weighted by Crippen LogP contribution is -2.27. The van der Waals surface area contributed by atoms with Gasteiger partial charge in [0.2, 0.25) is 5.91 Å². The number of carbonyl (C=O) groups excluding carboxylic acids is 1. The molecule has 1 atom stereocenters. The van der Waals surface area contributed by atoms with E-state index in [1.165, 1.54) is 0 Å². The van der Waals surface area contributed by atoms with Crippen LogP contribution in [0.3, 0.4) is 0 Å². The van der Waals surface area contributed by atoms with Crippen LogP contribution in [0.5, 0.6) is 0 Å². The molecule has 1 amide bonds. The molecule has 2 aromatic rings. The molecule has 2 aromatic heterocycles. The number of nitrogens with one attached hydrogen (secondary N) is 1. The molecule has 0 radical (unpaired) electrons. The Hall–Kier alpha value is -1.82. The van der Waals surface area contributed by atoms with Crippen molar-refractivity contribution < 1.29 is 4.79 Å². The highest BCUT2D eigenvalue weighted by Gasteiger charge is 2.11. The molecule has 1 N–H and O–H groups in total. The van der Waals surface area contributed by atoms with Crippen LogP contribution < -0.4 is 5.32 Å². The van der Waals surface area contributed by atoms with Crippen LogP contribution in [0.4, 0.5) is 0 Å². The molecule has 0 unspecified atom stereocenters. The number of hydrogen-bond acceptors (Lipinski definition) is 5. The third-order valence-electron chi connectivity index (χ3n) is 2.89. The Bertz CT molecular complexity index is 555. The monoisotopic (exact) mass is 290 g/mol. The smallest absolute Gasteiger partial charge is 0.220 e. The number of aromatic nitrogens is 3. The number of thiazole rings is 1. The number of hydrogen-bond donors (Lipinski definition) is 1. The number of rotatable bonds is 6. The number of nitrogens with zero attached hydrogens (tertiary/aromatic N) is 3. The highest BCUT2D eigenvalue weighted by molar-refractivity contribution is 7.09. The van der Waals surface area contributed by atoms with Gasteiger partial charge in [0.1, 0.15) is 0 Å². The van der Waals surface area contributed by atoms with Gasteiger partial charge in [-0.15, -0.1) is 11.3 Å². The van der Waals surface area contributed by atoms with Crippen LogP contribution in [0, 0.1) is 6.92 Å². The summed E-state index contributed by atoms with van der Waals surface area (Å²) in [6.45, 7) is 4.67. The first-order valence-corrected chi connectivity index (χ1v) is 7.46. The summed E-state index contributed by atoms with van der Waals surface area (Å²) >= 11 is 1.64. The average molecular weight is 290 g/mol. The van der Waals surface area contributed by atoms with Gasteiger partial charge < -0.3 is 5.32 Å². The minimum atomic E-state index is 0.0378. The summed E-state index contributed by atoms with van der Waals surface area (Å²) in [6, 6.07) is 0. The van der Waals surface area contributed by atoms with E-state index in [0.717, 1.165) is 16.4 Å². The Labute approximate surface area is 122 Å². The SMILES string of the molecule is Cc1csc([C@@H](C)CNC(=O)CCc2cnccn2)n1. The number of amides is 1. The summed E-state index contributed by atoms with van der Waals surface area (Å²) in [7, 11) is 0. The van der Waals surface area contributed by atoms with Crippen molar-refractivity contribution in [3.8, 4) is 0 Å². The van der Waals surface area contributed by atoms with Crippen LogP contribution in [0.25, 0.3) is 0 Å². The molecule has 0 aromatic carbocycles. The minimum Gasteiger partial charge on any atom is -0.355 e. The van der Waals surface area contributed by atoms with E-state index in [1.54, 1.807) is 29.9 Å². The van der Waals surface area contributed by atoms with Crippen LogP contribution >= 0.6 is 11.3 Å². The average Bonchev–Trinajstić information content (AvgIpc) is 2.90. The summed E-state index contributed by atoms with van der Waals surface area (Å²) < 4.78 is 0. The Morgan fingerprint density at radius 1 is 1.45 bits per heavy atom. The van der Waals surface area contributed by atoms with E-state index in [0.29, 0.717) is 19.4 Å². The van der Waals surface area contributed by atoms with Gasteiger partial charge in [-0.3, -0.25) is 14.8 Å². The topological polar surface area (TPSA) is 67.8 Å². The van der Waals surface area contributed by atoms with Crippen molar-refractivity contribution in [2.45, 2.75) is 32.6 Å². The largest absolute Gasteiger partial charge is 0.355 e. The fourth-order valence-corrected chi connectivity index (χ4v) is 2.60. The fourth-order valence-electron chi connectivity index (χ4n) is 1.74. The molecule has 0 saturated heterocycles. The maximum Gasteiger partial charge on any atom is 0.220 e. The second-order valence-electron chi connectivity index (χ2n) is 4.73. The maximum atomic E-state index is 11.8. The van der Waals surface area contributed by atoms with E-state index >= 15 is 0 Å². The molecular formula is C14H18N4OS. The second kappa shape index (κ2) is 7.09. The second-order valence-corrected chi connectivity index (χ2v) is 5.62. The lowest BCUT2D eigenvalue weighted by molar-refractivity contribution is -0.121. The van der Waals surface area contributed by atoms with Crippen molar-refractivity contribution in [2.24, 2.45) is 0 Å². The van der Waals surface area contributed by atoms with Gasteiger partial charge in [0.05, 0.1) is 10.7 Å². The predicted octanol–water partition coefficient (Wildman–Crippen LogP) is 2.09. The molecule has 5 nitrogen and oxygen atoms in total. The van der Waals surface area contributed by atoms with E-state index < -0.39 is 0 Å².